The van der Waals surface area contributed by atoms with Crippen LogP contribution in [0.2, 0.25) is 0 Å². The number of ketones is 1. The Kier molecular flexibility index (Phi) is 3.95. The molecule has 17 heavy (non-hydrogen) atoms. The summed E-state index contributed by atoms with van der Waals surface area (Å²) in [6.45, 7) is 0. The van der Waals surface area contributed by atoms with Gasteiger partial charge < -0.3 is 0 Å². The Morgan fingerprint density at radius 3 is 2.59 bits per heavy atom. The first-order chi connectivity index (χ1) is 8.16. The van der Waals surface area contributed by atoms with E-state index in [0.717, 1.165) is 25.7 Å². The topological polar surface area (TPSA) is 20.3 Å². The van der Waals surface area contributed by atoms with Crippen molar-refractivity contribution in [1.29, 1.82) is 0 Å². The van der Waals surface area contributed by atoms with Gasteiger partial charge in [0.2, 0.25) is 0 Å². The summed E-state index contributed by atoms with van der Waals surface area (Å²) in [6, 6.07) is 10.7. The van der Waals surface area contributed by atoms with Crippen molar-refractivity contribution in [2.75, 3.05) is 14.1 Å². The molecule has 0 spiro atoms. The van der Waals surface area contributed by atoms with Crippen LogP contribution in [-0.4, -0.2) is 30.8 Å². The highest BCUT2D eigenvalue weighted by Crippen LogP contribution is 2.27. The molecule has 1 fully saturated rings. The Labute approximate surface area is 104 Å². The van der Waals surface area contributed by atoms with Gasteiger partial charge in [0.15, 0.2) is 0 Å². The zero-order valence-electron chi connectivity index (χ0n) is 10.7. The standard InChI is InChI=1S/C15H21NO/c1-16(2)14-11-13(8-9-15(14)17)10-12-6-4-3-5-7-12/h3-7,13-14H,8-11H2,1-2H3. The fraction of sp³-hybridized carbons (Fsp3) is 0.533. The van der Waals surface area contributed by atoms with Gasteiger partial charge in [-0.25, -0.2) is 0 Å². The molecule has 2 nitrogen and oxygen atoms in total. The van der Waals surface area contributed by atoms with Gasteiger partial charge in [-0.1, -0.05) is 30.3 Å². The number of hydrogen-bond acceptors (Lipinski definition) is 2. The second-order valence-corrected chi connectivity index (χ2v) is 5.28. The molecule has 0 radical (unpaired) electrons. The minimum absolute atomic E-state index is 0.137. The molecule has 0 N–H and O–H groups in total. The lowest BCUT2D eigenvalue weighted by Crippen LogP contribution is -2.41. The summed E-state index contributed by atoms with van der Waals surface area (Å²) < 4.78 is 0. The summed E-state index contributed by atoms with van der Waals surface area (Å²) >= 11 is 0. The van der Waals surface area contributed by atoms with Gasteiger partial charge in [0.1, 0.15) is 5.78 Å². The van der Waals surface area contributed by atoms with Crippen molar-refractivity contribution in [2.45, 2.75) is 31.7 Å². The molecule has 0 aromatic heterocycles. The fourth-order valence-corrected chi connectivity index (χ4v) is 2.71. The molecule has 2 unspecified atom stereocenters. The molecule has 92 valence electrons. The van der Waals surface area contributed by atoms with E-state index >= 15 is 0 Å². The molecular formula is C15H21NO. The second-order valence-electron chi connectivity index (χ2n) is 5.28. The highest BCUT2D eigenvalue weighted by atomic mass is 16.1. The third-order valence-corrected chi connectivity index (χ3v) is 3.72. The van der Waals surface area contributed by atoms with Crippen LogP contribution in [0.1, 0.15) is 24.8 Å². The van der Waals surface area contributed by atoms with E-state index in [1.54, 1.807) is 0 Å². The molecule has 1 aromatic carbocycles. The van der Waals surface area contributed by atoms with Gasteiger partial charge in [0.05, 0.1) is 6.04 Å². The SMILES string of the molecule is CN(C)C1CC(Cc2ccccc2)CCC1=O. The van der Waals surface area contributed by atoms with E-state index in [2.05, 4.69) is 35.2 Å². The predicted octanol–water partition coefficient (Wildman–Crippen LogP) is 2.53. The monoisotopic (exact) mass is 231 g/mol. The molecule has 0 amide bonds. The number of Topliss-reactive ketones (excluding diaryl/α,β-unsaturated/α-hetero) is 1. The van der Waals surface area contributed by atoms with Crippen LogP contribution in [-0.2, 0) is 11.2 Å². The first-order valence-electron chi connectivity index (χ1n) is 6.40. The summed E-state index contributed by atoms with van der Waals surface area (Å²) in [5.41, 5.74) is 1.39. The van der Waals surface area contributed by atoms with Gasteiger partial charge in [0, 0.05) is 6.42 Å². The zero-order valence-corrected chi connectivity index (χ0v) is 10.7. The number of rotatable bonds is 3. The van der Waals surface area contributed by atoms with Crippen LogP contribution < -0.4 is 0 Å². The Balaban J connectivity index is 1.97. The van der Waals surface area contributed by atoms with E-state index in [1.165, 1.54) is 5.56 Å². The summed E-state index contributed by atoms with van der Waals surface area (Å²) in [6.07, 6.45) is 3.93. The van der Waals surface area contributed by atoms with Gasteiger partial charge in [-0.3, -0.25) is 9.69 Å². The van der Waals surface area contributed by atoms with Crippen molar-refractivity contribution in [2.24, 2.45) is 5.92 Å². The molecular weight excluding hydrogens is 210 g/mol. The van der Waals surface area contributed by atoms with E-state index in [0.29, 0.717) is 11.7 Å². The maximum absolute atomic E-state index is 11.8. The van der Waals surface area contributed by atoms with E-state index < -0.39 is 0 Å². The number of carbonyl (C=O) groups is 1. The second kappa shape index (κ2) is 5.46. The van der Waals surface area contributed by atoms with Crippen LogP contribution in [0.3, 0.4) is 0 Å². The van der Waals surface area contributed by atoms with Crippen molar-refractivity contribution in [3.05, 3.63) is 35.9 Å². The highest BCUT2D eigenvalue weighted by molar-refractivity contribution is 5.84. The van der Waals surface area contributed by atoms with Crippen molar-refractivity contribution in [3.8, 4) is 0 Å². The van der Waals surface area contributed by atoms with Crippen LogP contribution in [0.5, 0.6) is 0 Å². The quantitative estimate of drug-likeness (QED) is 0.796. The summed E-state index contributed by atoms with van der Waals surface area (Å²) in [4.78, 5) is 13.9. The molecule has 0 aliphatic heterocycles. The molecule has 0 saturated heterocycles. The van der Waals surface area contributed by atoms with Crippen LogP contribution in [0.15, 0.2) is 30.3 Å². The lowest BCUT2D eigenvalue weighted by molar-refractivity contribution is -0.126. The van der Waals surface area contributed by atoms with E-state index in [-0.39, 0.29) is 6.04 Å². The molecule has 2 rings (SSSR count). The van der Waals surface area contributed by atoms with Gasteiger partial charge in [-0.15, -0.1) is 0 Å². The normalized spacial score (nSPS) is 25.2. The van der Waals surface area contributed by atoms with Crippen LogP contribution in [0.25, 0.3) is 0 Å². The first-order valence-corrected chi connectivity index (χ1v) is 6.40. The Morgan fingerprint density at radius 1 is 1.24 bits per heavy atom. The Morgan fingerprint density at radius 2 is 1.94 bits per heavy atom. The van der Waals surface area contributed by atoms with Crippen molar-refractivity contribution in [1.82, 2.24) is 4.90 Å². The van der Waals surface area contributed by atoms with Crippen molar-refractivity contribution >= 4 is 5.78 Å². The van der Waals surface area contributed by atoms with Gasteiger partial charge in [-0.05, 0) is 44.8 Å². The smallest absolute Gasteiger partial charge is 0.149 e. The van der Waals surface area contributed by atoms with E-state index in [1.807, 2.05) is 14.1 Å². The van der Waals surface area contributed by atoms with Gasteiger partial charge in [-0.2, -0.15) is 0 Å². The van der Waals surface area contributed by atoms with Crippen LogP contribution in [0.4, 0.5) is 0 Å². The minimum Gasteiger partial charge on any atom is -0.300 e. The Bertz CT molecular complexity index is 372. The van der Waals surface area contributed by atoms with Crippen LogP contribution >= 0.6 is 0 Å². The number of likely N-dealkylation sites (N-methyl/N-ethyl adjacent to an activating group) is 1. The summed E-state index contributed by atoms with van der Waals surface area (Å²) in [5.74, 6) is 1.07. The largest absolute Gasteiger partial charge is 0.300 e. The number of nitrogens with zero attached hydrogens (tertiary/aromatic N) is 1. The number of carbonyl (C=O) groups excluding carboxylic acids is 1. The lowest BCUT2D eigenvalue weighted by atomic mass is 9.81. The summed E-state index contributed by atoms with van der Waals surface area (Å²) in [7, 11) is 4.01. The third-order valence-electron chi connectivity index (χ3n) is 3.72. The molecule has 1 saturated carbocycles. The maximum atomic E-state index is 11.8. The fourth-order valence-electron chi connectivity index (χ4n) is 2.71. The molecule has 2 atom stereocenters. The third kappa shape index (κ3) is 3.16. The molecule has 2 heteroatoms. The highest BCUT2D eigenvalue weighted by Gasteiger charge is 2.29. The van der Waals surface area contributed by atoms with E-state index in [4.69, 9.17) is 0 Å². The lowest BCUT2D eigenvalue weighted by Gasteiger charge is -2.32. The van der Waals surface area contributed by atoms with Gasteiger partial charge >= 0.3 is 0 Å². The minimum atomic E-state index is 0.137. The van der Waals surface area contributed by atoms with Crippen LogP contribution in [0, 0.1) is 5.92 Å². The summed E-state index contributed by atoms with van der Waals surface area (Å²) in [5, 5.41) is 0. The van der Waals surface area contributed by atoms with Gasteiger partial charge in [0.25, 0.3) is 0 Å². The van der Waals surface area contributed by atoms with E-state index in [9.17, 15) is 4.79 Å². The number of benzene rings is 1. The van der Waals surface area contributed by atoms with Crippen molar-refractivity contribution < 1.29 is 4.79 Å². The zero-order chi connectivity index (χ0) is 12.3. The molecule has 1 aliphatic rings. The van der Waals surface area contributed by atoms with Crippen molar-refractivity contribution in [3.63, 3.8) is 0 Å². The molecule has 0 bridgehead atoms. The molecule has 1 aliphatic carbocycles. The Hall–Kier alpha value is -1.15. The first kappa shape index (κ1) is 12.3. The molecule has 0 heterocycles. The molecule has 1 aromatic rings. The maximum Gasteiger partial charge on any atom is 0.149 e. The number of hydrogen-bond donors (Lipinski definition) is 0. The average Bonchev–Trinajstić information content (AvgIpc) is 2.32. The average molecular weight is 231 g/mol. The predicted molar refractivity (Wildman–Crippen MR) is 70.0 cm³/mol.